The van der Waals surface area contributed by atoms with Crippen LogP contribution in [0.5, 0.6) is 0 Å². The zero-order chi connectivity index (χ0) is 16.3. The molecule has 0 unspecified atom stereocenters. The van der Waals surface area contributed by atoms with Gasteiger partial charge in [-0.15, -0.1) is 0 Å². The van der Waals surface area contributed by atoms with Crippen LogP contribution in [-0.2, 0) is 23.0 Å². The molecule has 1 aromatic heterocycles. The van der Waals surface area contributed by atoms with E-state index in [1.807, 2.05) is 22.6 Å². The molecule has 0 radical (unpaired) electrons. The van der Waals surface area contributed by atoms with Gasteiger partial charge in [-0.3, -0.25) is 9.48 Å². The van der Waals surface area contributed by atoms with E-state index >= 15 is 0 Å². The highest BCUT2D eigenvalue weighted by molar-refractivity contribution is 14.1. The first-order valence-electron chi connectivity index (χ1n) is 6.25. The molecule has 2 rings (SSSR count). The molecule has 6 nitrogen and oxygen atoms in total. The molecule has 0 aliphatic rings. The molecule has 0 bridgehead atoms. The quantitative estimate of drug-likeness (QED) is 0.594. The standard InChI is InChI=1S/C14H13ClIN3O3/c1-19-7-8(6-17-19)3-13(20)18-12-5-10(15)11(16)4-9(12)14(21)22-2/h4-7H,3H2,1-2H3,(H,18,20). The average Bonchev–Trinajstić information content (AvgIpc) is 2.86. The summed E-state index contributed by atoms with van der Waals surface area (Å²) in [7, 11) is 3.06. The number of esters is 1. The van der Waals surface area contributed by atoms with Gasteiger partial charge in [0.2, 0.25) is 5.91 Å². The number of halogens is 2. The Labute approximate surface area is 145 Å². The van der Waals surface area contributed by atoms with Gasteiger partial charge in [0, 0.05) is 16.8 Å². The van der Waals surface area contributed by atoms with Gasteiger partial charge in [-0.1, -0.05) is 11.6 Å². The van der Waals surface area contributed by atoms with Crippen LogP contribution in [0.2, 0.25) is 5.02 Å². The molecule has 0 fully saturated rings. The molecule has 1 amide bonds. The first-order valence-corrected chi connectivity index (χ1v) is 7.71. The molecule has 0 aliphatic carbocycles. The number of amides is 1. The van der Waals surface area contributed by atoms with Gasteiger partial charge in [0.05, 0.1) is 36.0 Å². The second kappa shape index (κ2) is 7.10. The molecule has 1 N–H and O–H groups in total. The van der Waals surface area contributed by atoms with Crippen molar-refractivity contribution in [1.82, 2.24) is 9.78 Å². The van der Waals surface area contributed by atoms with Gasteiger partial charge >= 0.3 is 5.97 Å². The van der Waals surface area contributed by atoms with Gasteiger partial charge in [0.1, 0.15) is 0 Å². The van der Waals surface area contributed by atoms with Crippen molar-refractivity contribution in [3.63, 3.8) is 0 Å². The van der Waals surface area contributed by atoms with Crippen LogP contribution >= 0.6 is 34.2 Å². The third kappa shape index (κ3) is 3.98. The maximum absolute atomic E-state index is 12.1. The monoisotopic (exact) mass is 433 g/mol. The minimum absolute atomic E-state index is 0.151. The Bertz CT molecular complexity index is 730. The zero-order valence-electron chi connectivity index (χ0n) is 11.9. The highest BCUT2D eigenvalue weighted by atomic mass is 127. The Kier molecular flexibility index (Phi) is 5.41. The maximum atomic E-state index is 12.1. The summed E-state index contributed by atoms with van der Waals surface area (Å²) in [6, 6.07) is 3.12. The second-order valence-corrected chi connectivity index (χ2v) is 6.12. The molecule has 22 heavy (non-hydrogen) atoms. The molecule has 116 valence electrons. The topological polar surface area (TPSA) is 73.2 Å². The molecule has 0 atom stereocenters. The van der Waals surface area contributed by atoms with Gasteiger partial charge in [0.15, 0.2) is 0 Å². The van der Waals surface area contributed by atoms with E-state index in [1.165, 1.54) is 13.2 Å². The van der Waals surface area contributed by atoms with E-state index in [2.05, 4.69) is 10.4 Å². The lowest BCUT2D eigenvalue weighted by Gasteiger charge is -2.11. The van der Waals surface area contributed by atoms with Crippen LogP contribution in [0.1, 0.15) is 15.9 Å². The zero-order valence-corrected chi connectivity index (χ0v) is 14.8. The molecule has 0 saturated heterocycles. The fourth-order valence-electron chi connectivity index (χ4n) is 1.87. The number of nitrogens with one attached hydrogen (secondary N) is 1. The van der Waals surface area contributed by atoms with E-state index < -0.39 is 5.97 Å². The van der Waals surface area contributed by atoms with Crippen LogP contribution < -0.4 is 5.32 Å². The van der Waals surface area contributed by atoms with Gasteiger partial charge in [-0.05, 0) is 40.3 Å². The van der Waals surface area contributed by atoms with Crippen LogP contribution in [-0.4, -0.2) is 28.8 Å². The number of benzene rings is 1. The van der Waals surface area contributed by atoms with E-state index in [9.17, 15) is 9.59 Å². The minimum atomic E-state index is -0.536. The van der Waals surface area contributed by atoms with Crippen LogP contribution in [0.25, 0.3) is 0 Å². The Morgan fingerprint density at radius 1 is 1.45 bits per heavy atom. The molecular formula is C14H13ClIN3O3. The van der Waals surface area contributed by atoms with Crippen LogP contribution in [0.4, 0.5) is 5.69 Å². The SMILES string of the molecule is COC(=O)c1cc(I)c(Cl)cc1NC(=O)Cc1cnn(C)c1. The summed E-state index contributed by atoms with van der Waals surface area (Å²) in [6.07, 6.45) is 3.52. The predicted molar refractivity (Wildman–Crippen MR) is 91.1 cm³/mol. The highest BCUT2D eigenvalue weighted by Gasteiger charge is 2.17. The van der Waals surface area contributed by atoms with Crippen molar-refractivity contribution >= 4 is 51.8 Å². The van der Waals surface area contributed by atoms with Crippen molar-refractivity contribution in [3.8, 4) is 0 Å². The van der Waals surface area contributed by atoms with E-state index in [0.29, 0.717) is 14.3 Å². The Hall–Kier alpha value is -1.61. The van der Waals surface area contributed by atoms with Crippen LogP contribution in [0, 0.1) is 3.57 Å². The summed E-state index contributed by atoms with van der Waals surface area (Å²) >= 11 is 8.06. The van der Waals surface area contributed by atoms with Gasteiger partial charge in [-0.25, -0.2) is 4.79 Å². The number of nitrogens with zero attached hydrogens (tertiary/aromatic N) is 2. The first kappa shape index (κ1) is 16.8. The fraction of sp³-hybridized carbons (Fsp3) is 0.214. The number of hydrogen-bond acceptors (Lipinski definition) is 4. The van der Waals surface area contributed by atoms with E-state index in [0.717, 1.165) is 5.56 Å². The van der Waals surface area contributed by atoms with Crippen molar-refractivity contribution < 1.29 is 14.3 Å². The number of carbonyl (C=O) groups excluding carboxylic acids is 2. The molecule has 0 saturated carbocycles. The number of aryl methyl sites for hydroxylation is 1. The summed E-state index contributed by atoms with van der Waals surface area (Å²) in [5.41, 5.74) is 1.36. The van der Waals surface area contributed by atoms with Crippen molar-refractivity contribution in [2.75, 3.05) is 12.4 Å². The lowest BCUT2D eigenvalue weighted by molar-refractivity contribution is -0.115. The van der Waals surface area contributed by atoms with E-state index in [-0.39, 0.29) is 17.9 Å². The molecule has 0 aliphatic heterocycles. The third-order valence-electron chi connectivity index (χ3n) is 2.86. The number of rotatable bonds is 4. The lowest BCUT2D eigenvalue weighted by Crippen LogP contribution is -2.17. The van der Waals surface area contributed by atoms with Crippen LogP contribution in [0.3, 0.4) is 0 Å². The normalized spacial score (nSPS) is 10.4. The van der Waals surface area contributed by atoms with Gasteiger partial charge < -0.3 is 10.1 Å². The minimum Gasteiger partial charge on any atom is -0.465 e. The van der Waals surface area contributed by atoms with Gasteiger partial charge in [0.25, 0.3) is 0 Å². The number of carbonyl (C=O) groups is 2. The smallest absolute Gasteiger partial charge is 0.340 e. The van der Waals surface area contributed by atoms with E-state index in [1.54, 1.807) is 30.2 Å². The molecular weight excluding hydrogens is 421 g/mol. The Morgan fingerprint density at radius 3 is 2.77 bits per heavy atom. The Morgan fingerprint density at radius 2 is 2.18 bits per heavy atom. The highest BCUT2D eigenvalue weighted by Crippen LogP contribution is 2.27. The number of anilines is 1. The molecule has 0 spiro atoms. The average molecular weight is 434 g/mol. The predicted octanol–water partition coefficient (Wildman–Crippen LogP) is 2.65. The maximum Gasteiger partial charge on any atom is 0.340 e. The lowest BCUT2D eigenvalue weighted by atomic mass is 10.1. The van der Waals surface area contributed by atoms with Gasteiger partial charge in [-0.2, -0.15) is 5.10 Å². The number of aromatic nitrogens is 2. The number of methoxy groups -OCH3 is 1. The summed E-state index contributed by atoms with van der Waals surface area (Å²) in [6.45, 7) is 0. The van der Waals surface area contributed by atoms with Crippen molar-refractivity contribution in [3.05, 3.63) is 44.2 Å². The van der Waals surface area contributed by atoms with E-state index in [4.69, 9.17) is 16.3 Å². The summed E-state index contributed by atoms with van der Waals surface area (Å²) in [5, 5.41) is 7.14. The molecule has 8 heteroatoms. The summed E-state index contributed by atoms with van der Waals surface area (Å²) < 4.78 is 7.04. The number of hydrogen-bond donors (Lipinski definition) is 1. The molecule has 1 aromatic carbocycles. The largest absolute Gasteiger partial charge is 0.465 e. The van der Waals surface area contributed by atoms with Crippen molar-refractivity contribution in [1.29, 1.82) is 0 Å². The third-order valence-corrected chi connectivity index (χ3v) is 4.39. The van der Waals surface area contributed by atoms with Crippen LogP contribution in [0.15, 0.2) is 24.5 Å². The Balaban J connectivity index is 2.22. The summed E-state index contributed by atoms with van der Waals surface area (Å²) in [4.78, 5) is 23.9. The number of ether oxygens (including phenoxy) is 1. The molecule has 1 heterocycles. The fourth-order valence-corrected chi connectivity index (χ4v) is 2.50. The summed E-state index contributed by atoms with van der Waals surface area (Å²) in [5.74, 6) is -0.804. The second-order valence-electron chi connectivity index (χ2n) is 4.55. The molecule has 2 aromatic rings. The first-order chi connectivity index (χ1) is 10.4. The van der Waals surface area contributed by atoms with Crippen molar-refractivity contribution in [2.45, 2.75) is 6.42 Å². The van der Waals surface area contributed by atoms with Crippen molar-refractivity contribution in [2.24, 2.45) is 7.05 Å².